The number of rotatable bonds is 2. The molecule has 0 bridgehead atoms. The first-order chi connectivity index (χ1) is 9.85. The van der Waals surface area contributed by atoms with Crippen molar-refractivity contribution in [2.75, 3.05) is 0 Å². The Balaban J connectivity index is 2.17. The van der Waals surface area contributed by atoms with Gasteiger partial charge in [-0.15, -0.1) is 0 Å². The first-order valence-corrected chi connectivity index (χ1v) is 7.17. The van der Waals surface area contributed by atoms with E-state index in [9.17, 15) is 4.39 Å². The van der Waals surface area contributed by atoms with Gasteiger partial charge in [0, 0.05) is 19.4 Å². The van der Waals surface area contributed by atoms with Crippen molar-refractivity contribution in [3.63, 3.8) is 0 Å². The Bertz CT molecular complexity index is 672. The van der Waals surface area contributed by atoms with Gasteiger partial charge in [0.2, 0.25) is 5.79 Å². The van der Waals surface area contributed by atoms with Gasteiger partial charge in [0.1, 0.15) is 5.82 Å². The lowest BCUT2D eigenvalue weighted by Crippen LogP contribution is -2.29. The molecule has 0 aliphatic carbocycles. The van der Waals surface area contributed by atoms with Crippen molar-refractivity contribution in [1.82, 2.24) is 0 Å². The normalized spacial score (nSPS) is 15.5. The SMILES string of the molecule is CC(C)c1cc2c(c(-c3ccc(F)cc3)c1)OC(C)(C)O2. The highest BCUT2D eigenvalue weighted by Crippen LogP contribution is 2.47. The standard InChI is InChI=1S/C18H19FO2/c1-11(2)13-9-15(12-5-7-14(19)8-6-12)17-16(10-13)20-18(3,4)21-17/h5-11H,1-4H3. The highest BCUT2D eigenvalue weighted by Gasteiger charge is 2.34. The summed E-state index contributed by atoms with van der Waals surface area (Å²) in [4.78, 5) is 0. The Morgan fingerprint density at radius 3 is 2.29 bits per heavy atom. The summed E-state index contributed by atoms with van der Waals surface area (Å²) in [6.07, 6.45) is 0. The Labute approximate surface area is 124 Å². The van der Waals surface area contributed by atoms with Crippen LogP contribution in [0.15, 0.2) is 36.4 Å². The van der Waals surface area contributed by atoms with Gasteiger partial charge >= 0.3 is 0 Å². The molecule has 0 fully saturated rings. The third-order valence-corrected chi connectivity index (χ3v) is 3.60. The highest BCUT2D eigenvalue weighted by molar-refractivity contribution is 5.75. The molecule has 1 aliphatic rings. The molecule has 0 aromatic heterocycles. The number of hydrogen-bond acceptors (Lipinski definition) is 2. The summed E-state index contributed by atoms with van der Waals surface area (Å²) in [5.41, 5.74) is 3.05. The maximum Gasteiger partial charge on any atom is 0.246 e. The molecule has 3 heteroatoms. The fourth-order valence-electron chi connectivity index (χ4n) is 2.51. The molecule has 0 amide bonds. The van der Waals surface area contributed by atoms with E-state index in [1.54, 1.807) is 12.1 Å². The van der Waals surface area contributed by atoms with Crippen LogP contribution in [-0.4, -0.2) is 5.79 Å². The van der Waals surface area contributed by atoms with Crippen LogP contribution in [0.4, 0.5) is 4.39 Å². The maximum atomic E-state index is 13.2. The summed E-state index contributed by atoms with van der Waals surface area (Å²) >= 11 is 0. The van der Waals surface area contributed by atoms with Gasteiger partial charge < -0.3 is 9.47 Å². The summed E-state index contributed by atoms with van der Waals surface area (Å²) in [6, 6.07) is 10.6. The molecule has 21 heavy (non-hydrogen) atoms. The second-order valence-corrected chi connectivity index (χ2v) is 6.16. The van der Waals surface area contributed by atoms with Gasteiger partial charge in [-0.3, -0.25) is 0 Å². The highest BCUT2D eigenvalue weighted by atomic mass is 19.1. The van der Waals surface area contributed by atoms with E-state index in [-0.39, 0.29) is 5.82 Å². The zero-order chi connectivity index (χ0) is 15.2. The van der Waals surface area contributed by atoms with Crippen LogP contribution in [0.2, 0.25) is 0 Å². The molecule has 2 nitrogen and oxygen atoms in total. The van der Waals surface area contributed by atoms with Crippen molar-refractivity contribution >= 4 is 0 Å². The summed E-state index contributed by atoms with van der Waals surface area (Å²) < 4.78 is 25.0. The van der Waals surface area contributed by atoms with Crippen LogP contribution in [-0.2, 0) is 0 Å². The lowest BCUT2D eigenvalue weighted by molar-refractivity contribution is -0.0429. The predicted molar refractivity (Wildman–Crippen MR) is 81.3 cm³/mol. The smallest absolute Gasteiger partial charge is 0.246 e. The zero-order valence-electron chi connectivity index (χ0n) is 12.7. The van der Waals surface area contributed by atoms with E-state index in [0.717, 1.165) is 22.6 Å². The number of hydrogen-bond donors (Lipinski definition) is 0. The third kappa shape index (κ3) is 2.60. The predicted octanol–water partition coefficient (Wildman–Crippen LogP) is 5.12. The summed E-state index contributed by atoms with van der Waals surface area (Å²) in [5.74, 6) is 0.948. The van der Waals surface area contributed by atoms with Gasteiger partial charge in [-0.1, -0.05) is 26.0 Å². The van der Waals surface area contributed by atoms with Crippen LogP contribution in [0.25, 0.3) is 11.1 Å². The van der Waals surface area contributed by atoms with Crippen molar-refractivity contribution in [2.24, 2.45) is 0 Å². The molecule has 1 aliphatic heterocycles. The molecule has 2 aromatic carbocycles. The number of benzene rings is 2. The molecule has 0 saturated heterocycles. The average molecular weight is 286 g/mol. The second-order valence-electron chi connectivity index (χ2n) is 6.16. The van der Waals surface area contributed by atoms with Gasteiger partial charge in [0.15, 0.2) is 11.5 Å². The van der Waals surface area contributed by atoms with Gasteiger partial charge in [0.05, 0.1) is 0 Å². The van der Waals surface area contributed by atoms with Crippen LogP contribution >= 0.6 is 0 Å². The van der Waals surface area contributed by atoms with E-state index < -0.39 is 5.79 Å². The minimum Gasteiger partial charge on any atom is -0.449 e. The molecule has 0 atom stereocenters. The molecular weight excluding hydrogens is 267 g/mol. The van der Waals surface area contributed by atoms with Gasteiger partial charge in [-0.05, 0) is 41.3 Å². The largest absolute Gasteiger partial charge is 0.449 e. The minimum absolute atomic E-state index is 0.243. The van der Waals surface area contributed by atoms with Gasteiger partial charge in [-0.2, -0.15) is 0 Å². The van der Waals surface area contributed by atoms with E-state index in [4.69, 9.17) is 9.47 Å². The quantitative estimate of drug-likeness (QED) is 0.762. The average Bonchev–Trinajstić information content (AvgIpc) is 2.72. The Kier molecular flexibility index (Phi) is 3.16. The number of halogens is 1. The van der Waals surface area contributed by atoms with Crippen LogP contribution in [0.1, 0.15) is 39.2 Å². The van der Waals surface area contributed by atoms with Gasteiger partial charge in [-0.25, -0.2) is 4.39 Å². The fourth-order valence-corrected chi connectivity index (χ4v) is 2.51. The molecule has 0 N–H and O–H groups in total. The third-order valence-electron chi connectivity index (χ3n) is 3.60. The van der Waals surface area contributed by atoms with Crippen molar-refractivity contribution in [3.05, 3.63) is 47.8 Å². The summed E-state index contributed by atoms with van der Waals surface area (Å²) in [5, 5.41) is 0. The minimum atomic E-state index is -0.674. The molecule has 3 rings (SSSR count). The van der Waals surface area contributed by atoms with Crippen LogP contribution in [0.5, 0.6) is 11.5 Å². The van der Waals surface area contributed by atoms with E-state index in [1.165, 1.54) is 17.7 Å². The van der Waals surface area contributed by atoms with E-state index in [1.807, 2.05) is 19.9 Å². The zero-order valence-corrected chi connectivity index (χ0v) is 12.7. The molecular formula is C18H19FO2. The van der Waals surface area contributed by atoms with E-state index in [2.05, 4.69) is 19.9 Å². The fraction of sp³-hybridized carbons (Fsp3) is 0.333. The molecule has 0 spiro atoms. The lowest BCUT2D eigenvalue weighted by Gasteiger charge is -2.16. The number of fused-ring (bicyclic) bond motifs is 1. The summed E-state index contributed by atoms with van der Waals surface area (Å²) in [6.45, 7) is 8.04. The van der Waals surface area contributed by atoms with E-state index >= 15 is 0 Å². The van der Waals surface area contributed by atoms with Crippen LogP contribution < -0.4 is 9.47 Å². The molecule has 1 heterocycles. The topological polar surface area (TPSA) is 18.5 Å². The monoisotopic (exact) mass is 286 g/mol. The van der Waals surface area contributed by atoms with Crippen molar-refractivity contribution < 1.29 is 13.9 Å². The van der Waals surface area contributed by atoms with Crippen molar-refractivity contribution in [1.29, 1.82) is 0 Å². The molecule has 110 valence electrons. The second kappa shape index (κ2) is 4.76. The first-order valence-electron chi connectivity index (χ1n) is 7.17. The molecule has 2 aromatic rings. The number of ether oxygens (including phenoxy) is 2. The van der Waals surface area contributed by atoms with Crippen molar-refractivity contribution in [3.8, 4) is 22.6 Å². The van der Waals surface area contributed by atoms with Crippen LogP contribution in [0.3, 0.4) is 0 Å². The Morgan fingerprint density at radius 2 is 1.67 bits per heavy atom. The molecule has 0 unspecified atom stereocenters. The van der Waals surface area contributed by atoms with E-state index in [0.29, 0.717) is 5.92 Å². The molecule has 0 saturated carbocycles. The Hall–Kier alpha value is -2.03. The van der Waals surface area contributed by atoms with Crippen molar-refractivity contribution in [2.45, 2.75) is 39.4 Å². The molecule has 0 radical (unpaired) electrons. The lowest BCUT2D eigenvalue weighted by atomic mass is 9.96. The first kappa shape index (κ1) is 13.9. The maximum absolute atomic E-state index is 13.2. The summed E-state index contributed by atoms with van der Waals surface area (Å²) in [7, 11) is 0. The Morgan fingerprint density at radius 1 is 1.00 bits per heavy atom. The van der Waals surface area contributed by atoms with Gasteiger partial charge in [0.25, 0.3) is 0 Å². The van der Waals surface area contributed by atoms with Crippen LogP contribution in [0, 0.1) is 5.82 Å².